The fourth-order valence-electron chi connectivity index (χ4n) is 2.57. The first kappa shape index (κ1) is 17.0. The molecule has 0 aliphatic carbocycles. The Bertz CT molecular complexity index is 944. The lowest BCUT2D eigenvalue weighted by Crippen LogP contribution is -2.02. The molecule has 0 aliphatic heterocycles. The molecule has 3 aromatic rings. The van der Waals surface area contributed by atoms with E-state index in [2.05, 4.69) is 4.98 Å². The molecule has 1 aromatic heterocycles. The van der Waals surface area contributed by atoms with E-state index in [1.54, 1.807) is 24.3 Å². The summed E-state index contributed by atoms with van der Waals surface area (Å²) >= 11 is 6.23. The van der Waals surface area contributed by atoms with E-state index in [1.165, 1.54) is 20.3 Å². The fraction of sp³-hybridized carbons (Fsp3) is 0.100. The predicted octanol–water partition coefficient (Wildman–Crippen LogP) is 4.80. The molecular formula is C20H16ClNO3. The van der Waals surface area contributed by atoms with Gasteiger partial charge >= 0.3 is 0 Å². The van der Waals surface area contributed by atoms with E-state index in [4.69, 9.17) is 21.1 Å². The molecule has 2 aromatic carbocycles. The topological polar surface area (TPSA) is 48.4 Å². The van der Waals surface area contributed by atoms with Gasteiger partial charge < -0.3 is 9.47 Å². The van der Waals surface area contributed by atoms with Crippen LogP contribution in [0.25, 0.3) is 17.0 Å². The van der Waals surface area contributed by atoms with E-state index in [0.29, 0.717) is 27.8 Å². The number of ether oxygens (including phenoxy) is 2. The summed E-state index contributed by atoms with van der Waals surface area (Å²) < 4.78 is 10.5. The number of hydrogen-bond donors (Lipinski definition) is 0. The van der Waals surface area contributed by atoms with Crippen LogP contribution in [-0.4, -0.2) is 25.0 Å². The molecule has 0 saturated carbocycles. The van der Waals surface area contributed by atoms with Crippen molar-refractivity contribution < 1.29 is 14.3 Å². The Labute approximate surface area is 150 Å². The second-order valence-electron chi connectivity index (χ2n) is 5.30. The third-order valence-electron chi connectivity index (χ3n) is 3.79. The molecule has 5 heteroatoms. The van der Waals surface area contributed by atoms with Gasteiger partial charge in [-0.25, -0.2) is 4.98 Å². The van der Waals surface area contributed by atoms with Crippen molar-refractivity contribution in [2.75, 3.05) is 14.2 Å². The number of benzene rings is 2. The Morgan fingerprint density at radius 3 is 2.40 bits per heavy atom. The number of aromatic nitrogens is 1. The maximum atomic E-state index is 12.6. The highest BCUT2D eigenvalue weighted by Crippen LogP contribution is 2.29. The van der Waals surface area contributed by atoms with Crippen molar-refractivity contribution in [2.24, 2.45) is 0 Å². The molecular weight excluding hydrogens is 338 g/mol. The maximum absolute atomic E-state index is 12.6. The van der Waals surface area contributed by atoms with Gasteiger partial charge in [0.15, 0.2) is 5.78 Å². The number of carbonyl (C=O) groups excluding carboxylic acids is 1. The monoisotopic (exact) mass is 353 g/mol. The second-order valence-corrected chi connectivity index (χ2v) is 5.65. The van der Waals surface area contributed by atoms with Crippen LogP contribution >= 0.6 is 11.6 Å². The minimum Gasteiger partial charge on any atom is -0.496 e. The Morgan fingerprint density at radius 1 is 1.04 bits per heavy atom. The van der Waals surface area contributed by atoms with Gasteiger partial charge in [0, 0.05) is 10.9 Å². The van der Waals surface area contributed by atoms with Gasteiger partial charge in [0.2, 0.25) is 0 Å². The summed E-state index contributed by atoms with van der Waals surface area (Å²) in [6.45, 7) is 0. The Hall–Kier alpha value is -2.85. The quantitative estimate of drug-likeness (QED) is 0.375. The number of methoxy groups -OCH3 is 2. The summed E-state index contributed by atoms with van der Waals surface area (Å²) in [6.07, 6.45) is 3.09. The van der Waals surface area contributed by atoms with Gasteiger partial charge in [0.05, 0.1) is 19.7 Å². The predicted molar refractivity (Wildman–Crippen MR) is 99.7 cm³/mol. The lowest BCUT2D eigenvalue weighted by Gasteiger charge is -2.10. The first-order valence-corrected chi connectivity index (χ1v) is 8.00. The van der Waals surface area contributed by atoms with Crippen molar-refractivity contribution >= 4 is 34.4 Å². The number of hydrogen-bond acceptors (Lipinski definition) is 4. The third kappa shape index (κ3) is 3.49. The molecule has 4 nitrogen and oxygen atoms in total. The van der Waals surface area contributed by atoms with Crippen LogP contribution in [0.15, 0.2) is 54.6 Å². The molecule has 126 valence electrons. The molecule has 0 radical (unpaired) electrons. The highest BCUT2D eigenvalue weighted by atomic mass is 35.5. The van der Waals surface area contributed by atoms with Gasteiger partial charge in [-0.05, 0) is 36.4 Å². The number of fused-ring (bicyclic) bond motifs is 1. The van der Waals surface area contributed by atoms with E-state index in [0.717, 1.165) is 10.9 Å². The lowest BCUT2D eigenvalue weighted by atomic mass is 10.1. The molecule has 0 saturated heterocycles. The molecule has 0 atom stereocenters. The molecule has 0 aliphatic rings. The van der Waals surface area contributed by atoms with Crippen LogP contribution in [-0.2, 0) is 0 Å². The van der Waals surface area contributed by atoms with Crippen LogP contribution in [0.4, 0.5) is 0 Å². The second kappa shape index (κ2) is 7.36. The van der Waals surface area contributed by atoms with Crippen molar-refractivity contribution in [2.45, 2.75) is 0 Å². The van der Waals surface area contributed by atoms with Crippen LogP contribution in [0.2, 0.25) is 5.15 Å². The number of pyridine rings is 1. The summed E-state index contributed by atoms with van der Waals surface area (Å²) in [4.78, 5) is 17.0. The van der Waals surface area contributed by atoms with E-state index < -0.39 is 0 Å². The standard InChI is InChI=1S/C20H16ClNO3/c1-24-17-8-5-9-18(25-2)19(17)16(23)11-10-14-12-13-6-3-4-7-15(13)22-20(14)21/h3-12H,1-2H3. The Kier molecular flexibility index (Phi) is 5.00. The third-order valence-corrected chi connectivity index (χ3v) is 4.10. The van der Waals surface area contributed by atoms with Crippen molar-refractivity contribution in [3.63, 3.8) is 0 Å². The number of halogens is 1. The van der Waals surface area contributed by atoms with E-state index in [9.17, 15) is 4.79 Å². The zero-order chi connectivity index (χ0) is 17.8. The van der Waals surface area contributed by atoms with E-state index >= 15 is 0 Å². The maximum Gasteiger partial charge on any atom is 0.193 e. The normalized spacial score (nSPS) is 11.0. The van der Waals surface area contributed by atoms with Crippen molar-refractivity contribution in [1.82, 2.24) is 4.98 Å². The average Bonchev–Trinajstić information content (AvgIpc) is 2.65. The van der Waals surface area contributed by atoms with E-state index in [1.807, 2.05) is 30.3 Å². The molecule has 0 spiro atoms. The molecule has 0 fully saturated rings. The SMILES string of the molecule is COc1cccc(OC)c1C(=O)C=Cc1cc2ccccc2nc1Cl. The van der Waals surface area contributed by atoms with Gasteiger partial charge in [-0.3, -0.25) is 4.79 Å². The zero-order valence-electron chi connectivity index (χ0n) is 13.8. The summed E-state index contributed by atoms with van der Waals surface area (Å²) in [7, 11) is 3.03. The summed E-state index contributed by atoms with van der Waals surface area (Å²) in [5, 5.41) is 1.30. The minimum atomic E-state index is -0.237. The van der Waals surface area contributed by atoms with Crippen molar-refractivity contribution in [1.29, 1.82) is 0 Å². The first-order chi connectivity index (χ1) is 12.1. The molecule has 25 heavy (non-hydrogen) atoms. The minimum absolute atomic E-state index is 0.237. The van der Waals surface area contributed by atoms with Crippen LogP contribution in [0.3, 0.4) is 0 Å². The Balaban J connectivity index is 1.98. The van der Waals surface area contributed by atoms with Gasteiger partial charge in [-0.2, -0.15) is 0 Å². The van der Waals surface area contributed by atoms with Crippen LogP contribution in [0.5, 0.6) is 11.5 Å². The first-order valence-electron chi connectivity index (χ1n) is 7.62. The fourth-order valence-corrected chi connectivity index (χ4v) is 2.78. The smallest absolute Gasteiger partial charge is 0.193 e. The van der Waals surface area contributed by atoms with E-state index in [-0.39, 0.29) is 5.78 Å². The highest BCUT2D eigenvalue weighted by molar-refractivity contribution is 6.31. The summed E-state index contributed by atoms with van der Waals surface area (Å²) in [5.74, 6) is 0.673. The van der Waals surface area contributed by atoms with Crippen molar-refractivity contribution in [3.8, 4) is 11.5 Å². The molecule has 0 bridgehead atoms. The van der Waals surface area contributed by atoms with Gasteiger partial charge in [0.1, 0.15) is 22.2 Å². The number of allylic oxidation sites excluding steroid dienone is 1. The van der Waals surface area contributed by atoms with Crippen LogP contribution < -0.4 is 9.47 Å². The van der Waals surface area contributed by atoms with Crippen LogP contribution in [0.1, 0.15) is 15.9 Å². The largest absolute Gasteiger partial charge is 0.496 e. The average molecular weight is 354 g/mol. The summed E-state index contributed by atoms with van der Waals surface area (Å²) in [6, 6.07) is 14.8. The van der Waals surface area contributed by atoms with Crippen LogP contribution in [0, 0.1) is 0 Å². The van der Waals surface area contributed by atoms with Gasteiger partial charge in [0.25, 0.3) is 0 Å². The zero-order valence-corrected chi connectivity index (χ0v) is 14.6. The molecule has 0 unspecified atom stereocenters. The molecule has 0 amide bonds. The van der Waals surface area contributed by atoms with Gasteiger partial charge in [-0.15, -0.1) is 0 Å². The number of para-hydroxylation sites is 1. The number of nitrogens with zero attached hydrogens (tertiary/aromatic N) is 1. The number of ketones is 1. The molecule has 3 rings (SSSR count). The number of carbonyl (C=O) groups is 1. The highest BCUT2D eigenvalue weighted by Gasteiger charge is 2.16. The number of rotatable bonds is 5. The molecule has 1 heterocycles. The lowest BCUT2D eigenvalue weighted by molar-refractivity contribution is 0.104. The molecule has 0 N–H and O–H groups in total. The van der Waals surface area contributed by atoms with Gasteiger partial charge in [-0.1, -0.05) is 35.9 Å². The summed E-state index contributed by atoms with van der Waals surface area (Å²) in [5.41, 5.74) is 1.85. The van der Waals surface area contributed by atoms with Crippen molar-refractivity contribution in [3.05, 3.63) is 70.9 Å². The Morgan fingerprint density at radius 2 is 1.72 bits per heavy atom.